The highest BCUT2D eigenvalue weighted by molar-refractivity contribution is 7.93. The number of benzene rings is 1. The standard InChI is InChI=1S/C32H53N5O6S/c1-20(2)17-25(15-16-44(9,42)43)34-29(38)26(18-21(3)4)35-31(40)28(23(7)8)37-32(41)36-27(22(5)6)30(39)33-19-24-13-11-10-12-14-24/h10-16,20-23,25-28H,17-19H2,1-9H3,(H,33,39)(H,34,38)(H,35,40)(H2,36,37,41)/b16-15+/t25-,26+,27+,28+/m1/s1. The third kappa shape index (κ3) is 15.4. The van der Waals surface area contributed by atoms with E-state index in [9.17, 15) is 27.6 Å². The van der Waals surface area contributed by atoms with E-state index in [0.29, 0.717) is 19.4 Å². The zero-order chi connectivity index (χ0) is 33.6. The number of rotatable bonds is 17. The van der Waals surface area contributed by atoms with Gasteiger partial charge in [0.25, 0.3) is 0 Å². The van der Waals surface area contributed by atoms with Gasteiger partial charge in [-0.15, -0.1) is 0 Å². The Bertz CT molecular complexity index is 1210. The lowest BCUT2D eigenvalue weighted by Gasteiger charge is -2.28. The fourth-order valence-electron chi connectivity index (χ4n) is 4.47. The van der Waals surface area contributed by atoms with Gasteiger partial charge in [0.05, 0.1) is 0 Å². The first kappa shape index (κ1) is 38.6. The van der Waals surface area contributed by atoms with E-state index in [4.69, 9.17) is 0 Å². The van der Waals surface area contributed by atoms with Crippen LogP contribution >= 0.6 is 0 Å². The van der Waals surface area contributed by atoms with Crippen LogP contribution < -0.4 is 26.6 Å². The predicted octanol–water partition coefficient (Wildman–Crippen LogP) is 3.27. The van der Waals surface area contributed by atoms with E-state index in [1.807, 2.05) is 71.9 Å². The van der Waals surface area contributed by atoms with Crippen molar-refractivity contribution in [2.45, 2.75) is 98.9 Å². The van der Waals surface area contributed by atoms with Crippen LogP contribution in [0.2, 0.25) is 0 Å². The summed E-state index contributed by atoms with van der Waals surface area (Å²) < 4.78 is 23.3. The molecule has 5 N–H and O–H groups in total. The van der Waals surface area contributed by atoms with Crippen LogP contribution in [0.4, 0.5) is 4.79 Å². The highest BCUT2D eigenvalue weighted by Crippen LogP contribution is 2.12. The second-order valence-electron chi connectivity index (χ2n) is 12.9. The maximum absolute atomic E-state index is 13.4. The van der Waals surface area contributed by atoms with E-state index < -0.39 is 51.9 Å². The molecule has 1 aromatic rings. The predicted molar refractivity (Wildman–Crippen MR) is 174 cm³/mol. The SMILES string of the molecule is CC(C)C[C@@H](/C=C/S(C)(=O)=O)NC(=O)[C@H](CC(C)C)NC(=O)[C@@H](NC(=O)N[C@H](C(=O)NCc1ccccc1)C(C)C)C(C)C. The molecule has 0 unspecified atom stereocenters. The van der Waals surface area contributed by atoms with E-state index in [2.05, 4.69) is 26.6 Å². The molecule has 0 aliphatic rings. The molecule has 0 aromatic heterocycles. The van der Waals surface area contributed by atoms with E-state index in [1.165, 1.54) is 6.08 Å². The summed E-state index contributed by atoms with van der Waals surface area (Å²) in [7, 11) is -3.39. The van der Waals surface area contributed by atoms with Gasteiger partial charge in [-0.3, -0.25) is 14.4 Å². The molecular weight excluding hydrogens is 582 g/mol. The average molecular weight is 636 g/mol. The quantitative estimate of drug-likeness (QED) is 0.176. The van der Waals surface area contributed by atoms with Gasteiger partial charge in [-0.2, -0.15) is 0 Å². The van der Waals surface area contributed by atoms with Gasteiger partial charge in [-0.05, 0) is 42.1 Å². The monoisotopic (exact) mass is 635 g/mol. The van der Waals surface area contributed by atoms with Crippen molar-refractivity contribution in [3.63, 3.8) is 0 Å². The van der Waals surface area contributed by atoms with Crippen LogP contribution in [0.1, 0.15) is 73.8 Å². The van der Waals surface area contributed by atoms with Crippen LogP contribution in [0, 0.1) is 23.7 Å². The number of carbonyl (C=O) groups is 4. The minimum absolute atomic E-state index is 0.0520. The lowest BCUT2D eigenvalue weighted by molar-refractivity contribution is -0.131. The minimum Gasteiger partial charge on any atom is -0.350 e. The van der Waals surface area contributed by atoms with Crippen molar-refractivity contribution in [2.24, 2.45) is 23.7 Å². The van der Waals surface area contributed by atoms with Gasteiger partial charge in [0.1, 0.15) is 18.1 Å². The molecule has 248 valence electrons. The van der Waals surface area contributed by atoms with E-state index in [0.717, 1.165) is 17.2 Å². The summed E-state index contributed by atoms with van der Waals surface area (Å²) >= 11 is 0. The van der Waals surface area contributed by atoms with E-state index in [1.54, 1.807) is 13.8 Å². The highest BCUT2D eigenvalue weighted by atomic mass is 32.2. The Labute approximate surface area is 263 Å². The topological polar surface area (TPSA) is 163 Å². The summed E-state index contributed by atoms with van der Waals surface area (Å²) in [5.41, 5.74) is 0.922. The molecule has 1 aromatic carbocycles. The highest BCUT2D eigenvalue weighted by Gasteiger charge is 2.31. The maximum atomic E-state index is 13.4. The first-order valence-electron chi connectivity index (χ1n) is 15.3. The average Bonchev–Trinajstić information content (AvgIpc) is 2.90. The molecule has 12 heteroatoms. The van der Waals surface area contributed by atoms with Crippen molar-refractivity contribution in [1.29, 1.82) is 0 Å². The van der Waals surface area contributed by atoms with Crippen LogP contribution in [-0.4, -0.2) is 62.6 Å². The molecule has 0 heterocycles. The summed E-state index contributed by atoms with van der Waals surface area (Å²) in [6, 6.07) is 5.44. The molecular formula is C32H53N5O6S. The Morgan fingerprint density at radius 3 is 1.70 bits per heavy atom. The molecule has 0 saturated heterocycles. The molecule has 0 spiro atoms. The summed E-state index contributed by atoms with van der Waals surface area (Å²) in [6.07, 6.45) is 3.36. The van der Waals surface area contributed by atoms with Gasteiger partial charge in [0.2, 0.25) is 17.7 Å². The Morgan fingerprint density at radius 2 is 1.23 bits per heavy atom. The lowest BCUT2D eigenvalue weighted by Crippen LogP contribution is -2.59. The smallest absolute Gasteiger partial charge is 0.316 e. The van der Waals surface area contributed by atoms with Gasteiger partial charge in [0, 0.05) is 24.3 Å². The Hall–Kier alpha value is -3.41. The van der Waals surface area contributed by atoms with Crippen LogP contribution in [0.5, 0.6) is 0 Å². The molecule has 0 radical (unpaired) electrons. The third-order valence-electron chi connectivity index (χ3n) is 6.73. The molecule has 0 fully saturated rings. The summed E-state index contributed by atoms with van der Waals surface area (Å²) in [5.74, 6) is -1.67. The second kappa shape index (κ2) is 18.4. The summed E-state index contributed by atoms with van der Waals surface area (Å²) in [4.78, 5) is 52.7. The number of nitrogens with one attached hydrogen (secondary N) is 5. The third-order valence-corrected chi connectivity index (χ3v) is 7.38. The Balaban J connectivity index is 3.00. The fourth-order valence-corrected chi connectivity index (χ4v) is 4.94. The molecule has 4 atom stereocenters. The number of urea groups is 1. The normalized spacial score (nSPS) is 14.8. The number of hydrogen-bond acceptors (Lipinski definition) is 6. The van der Waals surface area contributed by atoms with Crippen molar-refractivity contribution in [3.05, 3.63) is 47.4 Å². The van der Waals surface area contributed by atoms with Crippen LogP contribution in [0.15, 0.2) is 41.8 Å². The van der Waals surface area contributed by atoms with Crippen molar-refractivity contribution >= 4 is 33.6 Å². The van der Waals surface area contributed by atoms with Gasteiger partial charge < -0.3 is 26.6 Å². The van der Waals surface area contributed by atoms with Gasteiger partial charge >= 0.3 is 6.03 Å². The van der Waals surface area contributed by atoms with Crippen molar-refractivity contribution in [2.75, 3.05) is 6.26 Å². The molecule has 0 bridgehead atoms. The molecule has 0 saturated carbocycles. The molecule has 0 aliphatic carbocycles. The largest absolute Gasteiger partial charge is 0.350 e. The van der Waals surface area contributed by atoms with Crippen molar-refractivity contribution < 1.29 is 27.6 Å². The Kier molecular flexibility index (Phi) is 16.2. The number of amides is 5. The van der Waals surface area contributed by atoms with Crippen LogP contribution in [0.3, 0.4) is 0 Å². The molecule has 1 rings (SSSR count). The summed E-state index contributed by atoms with van der Waals surface area (Å²) in [6.45, 7) is 15.2. The van der Waals surface area contributed by atoms with Gasteiger partial charge in [0.15, 0.2) is 9.84 Å². The van der Waals surface area contributed by atoms with Crippen LogP contribution in [-0.2, 0) is 30.8 Å². The Morgan fingerprint density at radius 1 is 0.705 bits per heavy atom. The zero-order valence-electron chi connectivity index (χ0n) is 27.6. The minimum atomic E-state index is -3.39. The number of sulfone groups is 1. The van der Waals surface area contributed by atoms with Crippen molar-refractivity contribution in [1.82, 2.24) is 26.6 Å². The van der Waals surface area contributed by atoms with Gasteiger partial charge in [-0.25, -0.2) is 13.2 Å². The number of hydrogen-bond donors (Lipinski definition) is 5. The van der Waals surface area contributed by atoms with E-state index in [-0.39, 0.29) is 29.6 Å². The molecule has 44 heavy (non-hydrogen) atoms. The first-order valence-corrected chi connectivity index (χ1v) is 17.2. The second-order valence-corrected chi connectivity index (χ2v) is 14.8. The molecule has 5 amide bonds. The van der Waals surface area contributed by atoms with Crippen molar-refractivity contribution in [3.8, 4) is 0 Å². The number of carbonyl (C=O) groups excluding carboxylic acids is 4. The zero-order valence-corrected chi connectivity index (χ0v) is 28.5. The first-order chi connectivity index (χ1) is 20.4. The molecule has 0 aliphatic heterocycles. The molecule has 11 nitrogen and oxygen atoms in total. The lowest BCUT2D eigenvalue weighted by atomic mass is 9.99. The van der Waals surface area contributed by atoms with E-state index >= 15 is 0 Å². The van der Waals surface area contributed by atoms with Gasteiger partial charge in [-0.1, -0.05) is 91.8 Å². The fraction of sp³-hybridized carbons (Fsp3) is 0.625. The summed E-state index contributed by atoms with van der Waals surface area (Å²) in [5, 5.41) is 14.9. The maximum Gasteiger partial charge on any atom is 0.316 e. The van der Waals surface area contributed by atoms with Crippen LogP contribution in [0.25, 0.3) is 0 Å².